The van der Waals surface area contributed by atoms with Crippen LogP contribution >= 0.6 is 0 Å². The molecule has 0 rings (SSSR count). The molecule has 0 fully saturated rings. The van der Waals surface area contributed by atoms with Gasteiger partial charge in [0.1, 0.15) is 0 Å². The zero-order chi connectivity index (χ0) is 14.0. The van der Waals surface area contributed by atoms with Crippen molar-refractivity contribution in [1.82, 2.24) is 5.32 Å². The number of methoxy groups -OCH3 is 1. The minimum absolute atomic E-state index is 0.322. The van der Waals surface area contributed by atoms with Crippen molar-refractivity contribution in [2.75, 3.05) is 13.7 Å². The van der Waals surface area contributed by atoms with Crippen LogP contribution in [0.15, 0.2) is 11.6 Å². The molecule has 0 spiro atoms. The minimum Gasteiger partial charge on any atom is -0.381 e. The molecule has 0 saturated carbocycles. The maximum atomic E-state index is 10.3. The monoisotopic (exact) mass is 255 g/mol. The van der Waals surface area contributed by atoms with Gasteiger partial charge in [-0.3, -0.25) is 4.79 Å². The third-order valence-electron chi connectivity index (χ3n) is 3.64. The largest absolute Gasteiger partial charge is 0.381 e. The summed E-state index contributed by atoms with van der Waals surface area (Å²) in [5, 5.41) is 2.71. The molecule has 0 aromatic heterocycles. The summed E-state index contributed by atoms with van der Waals surface area (Å²) >= 11 is 0. The molecule has 18 heavy (non-hydrogen) atoms. The lowest BCUT2D eigenvalue weighted by molar-refractivity contribution is -0.109. The molecule has 106 valence electrons. The fraction of sp³-hybridized carbons (Fsp3) is 0.800. The highest BCUT2D eigenvalue weighted by Gasteiger charge is 2.24. The van der Waals surface area contributed by atoms with E-state index in [9.17, 15) is 4.79 Å². The summed E-state index contributed by atoms with van der Waals surface area (Å²) < 4.78 is 5.60. The first kappa shape index (κ1) is 17.2. The van der Waals surface area contributed by atoms with Crippen molar-refractivity contribution in [3.63, 3.8) is 0 Å². The average molecular weight is 255 g/mol. The third-order valence-corrected chi connectivity index (χ3v) is 3.64. The predicted molar refractivity (Wildman–Crippen MR) is 76.5 cm³/mol. The quantitative estimate of drug-likeness (QED) is 0.481. The molecule has 3 atom stereocenters. The Kier molecular flexibility index (Phi) is 9.66. The van der Waals surface area contributed by atoms with Crippen molar-refractivity contribution in [2.24, 2.45) is 11.8 Å². The fourth-order valence-corrected chi connectivity index (χ4v) is 2.66. The van der Waals surface area contributed by atoms with Crippen molar-refractivity contribution in [3.8, 4) is 0 Å². The second kappa shape index (κ2) is 10.1. The minimum atomic E-state index is 0.322. The van der Waals surface area contributed by atoms with Gasteiger partial charge in [0.15, 0.2) is 0 Å². The van der Waals surface area contributed by atoms with Crippen LogP contribution in [0, 0.1) is 11.8 Å². The number of hydrogen-bond acceptors (Lipinski definition) is 2. The number of rotatable bonds is 10. The second-order valence-electron chi connectivity index (χ2n) is 4.84. The Labute approximate surface area is 112 Å². The van der Waals surface area contributed by atoms with Gasteiger partial charge < -0.3 is 10.1 Å². The van der Waals surface area contributed by atoms with Gasteiger partial charge in [-0.1, -0.05) is 38.8 Å². The number of allylic oxidation sites excluding steroid dienone is 1. The highest BCUT2D eigenvalue weighted by Crippen LogP contribution is 2.28. The Bertz CT molecular complexity index is 247. The van der Waals surface area contributed by atoms with E-state index < -0.39 is 0 Å². The molecule has 0 aliphatic rings. The van der Waals surface area contributed by atoms with Crippen LogP contribution in [0.5, 0.6) is 0 Å². The molecule has 0 aliphatic carbocycles. The highest BCUT2D eigenvalue weighted by atomic mass is 16.5. The van der Waals surface area contributed by atoms with Gasteiger partial charge in [-0.25, -0.2) is 0 Å². The summed E-state index contributed by atoms with van der Waals surface area (Å²) in [5.41, 5.74) is 1.22. The van der Waals surface area contributed by atoms with E-state index in [0.29, 0.717) is 24.5 Å². The first-order chi connectivity index (χ1) is 8.64. The van der Waals surface area contributed by atoms with Gasteiger partial charge in [0.25, 0.3) is 0 Å². The van der Waals surface area contributed by atoms with Crippen molar-refractivity contribution in [2.45, 2.75) is 53.1 Å². The normalized spacial score (nSPS) is 17.1. The number of nitrogens with one attached hydrogen (secondary N) is 1. The van der Waals surface area contributed by atoms with Crippen molar-refractivity contribution < 1.29 is 9.53 Å². The van der Waals surface area contributed by atoms with Crippen LogP contribution in [0.25, 0.3) is 0 Å². The number of hydrogen-bond donors (Lipinski definition) is 1. The lowest BCUT2D eigenvalue weighted by atomic mass is 9.81. The molecule has 0 aromatic carbocycles. The van der Waals surface area contributed by atoms with Gasteiger partial charge in [0.2, 0.25) is 6.41 Å². The summed E-state index contributed by atoms with van der Waals surface area (Å²) in [7, 11) is 1.80. The molecule has 1 N–H and O–H groups in total. The first-order valence-corrected chi connectivity index (χ1v) is 7.01. The number of ether oxygens (including phenoxy) is 1. The molecule has 0 bridgehead atoms. The Balaban J connectivity index is 4.74. The molecule has 3 nitrogen and oxygen atoms in total. The van der Waals surface area contributed by atoms with Crippen LogP contribution in [0.3, 0.4) is 0 Å². The SMILES string of the molecule is CCC(/C=C(\C)CNC=O)C(CC)C(CC)OC. The van der Waals surface area contributed by atoms with Crippen LogP contribution in [0.4, 0.5) is 0 Å². The summed E-state index contributed by atoms with van der Waals surface area (Å²) in [6, 6.07) is 0. The van der Waals surface area contributed by atoms with E-state index in [2.05, 4.69) is 39.1 Å². The Morgan fingerprint density at radius 3 is 2.28 bits per heavy atom. The van der Waals surface area contributed by atoms with Crippen molar-refractivity contribution >= 4 is 6.41 Å². The number of carbonyl (C=O) groups is 1. The van der Waals surface area contributed by atoms with E-state index in [1.54, 1.807) is 7.11 Å². The first-order valence-electron chi connectivity index (χ1n) is 7.01. The van der Waals surface area contributed by atoms with Crippen molar-refractivity contribution in [1.29, 1.82) is 0 Å². The highest BCUT2D eigenvalue weighted by molar-refractivity contribution is 5.46. The zero-order valence-electron chi connectivity index (χ0n) is 12.5. The predicted octanol–water partition coefficient (Wildman–Crippen LogP) is 3.16. The summed E-state index contributed by atoms with van der Waals surface area (Å²) in [4.78, 5) is 10.3. The van der Waals surface area contributed by atoms with Crippen LogP contribution in [-0.4, -0.2) is 26.2 Å². The average Bonchev–Trinajstić information content (AvgIpc) is 2.40. The van der Waals surface area contributed by atoms with E-state index in [1.807, 2.05) is 0 Å². The molecule has 3 heteroatoms. The Morgan fingerprint density at radius 2 is 1.89 bits per heavy atom. The maximum absolute atomic E-state index is 10.3. The standard InChI is InChI=1S/C15H29NO2/c1-6-13(9-12(4)10-16-11-17)14(7-2)15(8-3)18-5/h9,11,13-15H,6-8,10H2,1-5H3,(H,16,17)/b12-9+. The molecular formula is C15H29NO2. The molecule has 3 unspecified atom stereocenters. The van der Waals surface area contributed by atoms with Gasteiger partial charge in [-0.2, -0.15) is 0 Å². The van der Waals surface area contributed by atoms with E-state index in [1.165, 1.54) is 5.57 Å². The van der Waals surface area contributed by atoms with Gasteiger partial charge in [0.05, 0.1) is 6.10 Å². The number of carbonyl (C=O) groups excluding carboxylic acids is 1. The topological polar surface area (TPSA) is 38.3 Å². The molecule has 0 aromatic rings. The van der Waals surface area contributed by atoms with E-state index in [0.717, 1.165) is 25.7 Å². The molecular weight excluding hydrogens is 226 g/mol. The van der Waals surface area contributed by atoms with Crippen LogP contribution in [-0.2, 0) is 9.53 Å². The zero-order valence-corrected chi connectivity index (χ0v) is 12.5. The van der Waals surface area contributed by atoms with Gasteiger partial charge in [-0.05, 0) is 31.6 Å². The molecule has 0 radical (unpaired) electrons. The Morgan fingerprint density at radius 1 is 1.22 bits per heavy atom. The fourth-order valence-electron chi connectivity index (χ4n) is 2.66. The van der Waals surface area contributed by atoms with Gasteiger partial charge in [-0.15, -0.1) is 0 Å². The summed E-state index contributed by atoms with van der Waals surface area (Å²) in [6.07, 6.45) is 6.65. The lowest BCUT2D eigenvalue weighted by Gasteiger charge is -2.30. The molecule has 0 aliphatic heterocycles. The van der Waals surface area contributed by atoms with Gasteiger partial charge >= 0.3 is 0 Å². The smallest absolute Gasteiger partial charge is 0.207 e. The summed E-state index contributed by atoms with van der Waals surface area (Å²) in [6.45, 7) is 9.32. The van der Waals surface area contributed by atoms with Crippen molar-refractivity contribution in [3.05, 3.63) is 11.6 Å². The number of amides is 1. The van der Waals surface area contributed by atoms with E-state index in [-0.39, 0.29) is 0 Å². The van der Waals surface area contributed by atoms with Crippen LogP contribution < -0.4 is 5.32 Å². The molecule has 0 heterocycles. The molecule has 0 saturated heterocycles. The maximum Gasteiger partial charge on any atom is 0.207 e. The van der Waals surface area contributed by atoms with Gasteiger partial charge in [0, 0.05) is 13.7 Å². The molecule has 1 amide bonds. The third kappa shape index (κ3) is 5.67. The van der Waals surface area contributed by atoms with Crippen LogP contribution in [0.2, 0.25) is 0 Å². The van der Waals surface area contributed by atoms with E-state index >= 15 is 0 Å². The lowest BCUT2D eigenvalue weighted by Crippen LogP contribution is -2.28. The van der Waals surface area contributed by atoms with Crippen LogP contribution in [0.1, 0.15) is 47.0 Å². The second-order valence-corrected chi connectivity index (χ2v) is 4.84. The Hall–Kier alpha value is -0.830. The van der Waals surface area contributed by atoms with E-state index in [4.69, 9.17) is 4.74 Å². The summed E-state index contributed by atoms with van der Waals surface area (Å²) in [5.74, 6) is 1.07.